The highest BCUT2D eigenvalue weighted by Gasteiger charge is 2.47. The fourth-order valence-electron chi connectivity index (χ4n) is 4.92. The minimum atomic E-state index is -3.48. The summed E-state index contributed by atoms with van der Waals surface area (Å²) in [7, 11) is -3.48. The van der Waals surface area contributed by atoms with Crippen LogP contribution in [0.4, 0.5) is 9.52 Å². The van der Waals surface area contributed by atoms with Gasteiger partial charge in [-0.3, -0.25) is 0 Å². The molecule has 3 heterocycles. The highest BCUT2D eigenvalue weighted by atomic mass is 32.2. The van der Waals surface area contributed by atoms with Gasteiger partial charge in [-0.2, -0.15) is 8.68 Å². The molecular formula is C26H31FN4O2S2. The monoisotopic (exact) mass is 514 g/mol. The van der Waals surface area contributed by atoms with Crippen LogP contribution in [0.1, 0.15) is 50.6 Å². The van der Waals surface area contributed by atoms with Crippen LogP contribution in [0.2, 0.25) is 0 Å². The lowest BCUT2D eigenvalue weighted by Gasteiger charge is -2.53. The molecule has 0 atom stereocenters. The number of nitrogens with zero attached hydrogens (tertiary/aromatic N) is 4. The predicted molar refractivity (Wildman–Crippen MR) is 137 cm³/mol. The van der Waals surface area contributed by atoms with Gasteiger partial charge in [-0.05, 0) is 53.6 Å². The number of anilines is 1. The molecule has 0 amide bonds. The summed E-state index contributed by atoms with van der Waals surface area (Å²) in [5.74, 6) is 0.500. The van der Waals surface area contributed by atoms with Gasteiger partial charge >= 0.3 is 0 Å². The molecule has 0 radical (unpaired) electrons. The van der Waals surface area contributed by atoms with E-state index in [0.717, 1.165) is 48.0 Å². The Bertz CT molecular complexity index is 1280. The highest BCUT2D eigenvalue weighted by Crippen LogP contribution is 2.44. The van der Waals surface area contributed by atoms with Crippen LogP contribution in [0, 0.1) is 11.2 Å². The van der Waals surface area contributed by atoms with Crippen molar-refractivity contribution >= 4 is 26.7 Å². The summed E-state index contributed by atoms with van der Waals surface area (Å²) in [6.45, 7) is 9.22. The second-order valence-electron chi connectivity index (χ2n) is 10.8. The van der Waals surface area contributed by atoms with Crippen molar-refractivity contribution in [2.45, 2.75) is 50.3 Å². The first kappa shape index (κ1) is 24.3. The largest absolute Gasteiger partial charge is 0.346 e. The maximum absolute atomic E-state index is 13.2. The molecule has 0 unspecified atom stereocenters. The van der Waals surface area contributed by atoms with Crippen molar-refractivity contribution in [1.82, 2.24) is 13.7 Å². The van der Waals surface area contributed by atoms with Gasteiger partial charge in [0.05, 0.1) is 4.90 Å². The Morgan fingerprint density at radius 3 is 2.23 bits per heavy atom. The summed E-state index contributed by atoms with van der Waals surface area (Å²) in [4.78, 5) is 7.29. The number of hydrogen-bond acceptors (Lipinski definition) is 6. The van der Waals surface area contributed by atoms with E-state index in [1.807, 2.05) is 12.1 Å². The lowest BCUT2D eigenvalue weighted by Crippen LogP contribution is -2.61. The molecule has 2 saturated heterocycles. The van der Waals surface area contributed by atoms with E-state index in [4.69, 9.17) is 0 Å². The van der Waals surface area contributed by atoms with Crippen molar-refractivity contribution in [1.29, 1.82) is 0 Å². The summed E-state index contributed by atoms with van der Waals surface area (Å²) in [6, 6.07) is 13.8. The number of aromatic nitrogens is 2. The van der Waals surface area contributed by atoms with E-state index in [2.05, 4.69) is 35.0 Å². The smallest absolute Gasteiger partial charge is 0.243 e. The lowest BCUT2D eigenvalue weighted by atomic mass is 9.73. The molecule has 2 aliphatic heterocycles. The van der Waals surface area contributed by atoms with Gasteiger partial charge in [0, 0.05) is 49.5 Å². The maximum Gasteiger partial charge on any atom is 0.243 e. The molecule has 3 aromatic rings. The Balaban J connectivity index is 1.16. The van der Waals surface area contributed by atoms with E-state index in [0.29, 0.717) is 24.4 Å². The molecule has 2 fully saturated rings. The van der Waals surface area contributed by atoms with Crippen molar-refractivity contribution < 1.29 is 12.8 Å². The molecule has 6 nitrogen and oxygen atoms in total. The lowest BCUT2D eigenvalue weighted by molar-refractivity contribution is 0.114. The third-order valence-electron chi connectivity index (χ3n) is 7.20. The van der Waals surface area contributed by atoms with E-state index in [9.17, 15) is 12.8 Å². The normalized spacial score (nSPS) is 18.6. The minimum Gasteiger partial charge on any atom is -0.346 e. The molecule has 2 aliphatic rings. The third-order valence-corrected chi connectivity index (χ3v) is 9.92. The molecule has 35 heavy (non-hydrogen) atoms. The molecule has 0 N–H and O–H groups in total. The first-order chi connectivity index (χ1) is 16.5. The summed E-state index contributed by atoms with van der Waals surface area (Å²) >= 11 is 1.39. The van der Waals surface area contributed by atoms with Crippen LogP contribution in [0.5, 0.6) is 0 Å². The van der Waals surface area contributed by atoms with Crippen LogP contribution in [0.15, 0.2) is 53.4 Å². The van der Waals surface area contributed by atoms with Gasteiger partial charge in [0.15, 0.2) is 0 Å². The van der Waals surface area contributed by atoms with Crippen molar-refractivity contribution in [2.24, 2.45) is 5.41 Å². The zero-order valence-electron chi connectivity index (χ0n) is 20.4. The molecule has 1 aromatic heterocycles. The Morgan fingerprint density at radius 2 is 1.63 bits per heavy atom. The number of sulfonamides is 1. The van der Waals surface area contributed by atoms with Crippen LogP contribution >= 0.6 is 11.5 Å². The Morgan fingerprint density at radius 1 is 1.00 bits per heavy atom. The zero-order valence-corrected chi connectivity index (χ0v) is 22.0. The third kappa shape index (κ3) is 4.99. The molecule has 0 aliphatic carbocycles. The van der Waals surface area contributed by atoms with Gasteiger partial charge in [0.1, 0.15) is 11.6 Å². The SMILES string of the molecule is CC(C)(C)c1ccc(S(=O)(=O)N2CCC3(CC2)CN(c2nc(Cc4ccc(F)cc4)ns2)C3)cc1. The number of benzene rings is 2. The van der Waals surface area contributed by atoms with Gasteiger partial charge in [0.25, 0.3) is 0 Å². The van der Waals surface area contributed by atoms with Gasteiger partial charge in [0.2, 0.25) is 15.2 Å². The van der Waals surface area contributed by atoms with Gasteiger partial charge in [-0.15, -0.1) is 0 Å². The van der Waals surface area contributed by atoms with Crippen molar-refractivity contribution in [3.05, 3.63) is 71.3 Å². The quantitative estimate of drug-likeness (QED) is 0.487. The fraction of sp³-hybridized carbons (Fsp3) is 0.462. The topological polar surface area (TPSA) is 66.4 Å². The second kappa shape index (κ2) is 8.94. The molecule has 2 aromatic carbocycles. The zero-order chi connectivity index (χ0) is 24.8. The second-order valence-corrected chi connectivity index (χ2v) is 13.5. The van der Waals surface area contributed by atoms with Crippen LogP contribution in [-0.2, 0) is 21.9 Å². The molecule has 0 bridgehead atoms. The maximum atomic E-state index is 13.2. The Hall–Kier alpha value is -2.36. The average molecular weight is 515 g/mol. The van der Waals surface area contributed by atoms with E-state index >= 15 is 0 Å². The number of halogens is 1. The van der Waals surface area contributed by atoms with Crippen molar-refractivity contribution in [3.8, 4) is 0 Å². The van der Waals surface area contributed by atoms with Crippen molar-refractivity contribution in [3.63, 3.8) is 0 Å². The Labute approximate surface area is 211 Å². The number of rotatable bonds is 5. The Kier molecular flexibility index (Phi) is 6.22. The number of hydrogen-bond donors (Lipinski definition) is 0. The minimum absolute atomic E-state index is 0.00937. The predicted octanol–water partition coefficient (Wildman–Crippen LogP) is 4.86. The highest BCUT2D eigenvalue weighted by molar-refractivity contribution is 7.89. The molecule has 1 spiro atoms. The average Bonchev–Trinajstić information content (AvgIpc) is 3.26. The number of piperidine rings is 1. The summed E-state index contributed by atoms with van der Waals surface area (Å²) in [5, 5.41) is 0.904. The van der Waals surface area contributed by atoms with Crippen LogP contribution in [0.25, 0.3) is 0 Å². The first-order valence-corrected chi connectivity index (χ1v) is 14.2. The van der Waals surface area contributed by atoms with E-state index in [1.54, 1.807) is 28.6 Å². The van der Waals surface area contributed by atoms with Crippen LogP contribution in [0.3, 0.4) is 0 Å². The van der Waals surface area contributed by atoms with E-state index in [-0.39, 0.29) is 16.6 Å². The van der Waals surface area contributed by atoms with Crippen LogP contribution < -0.4 is 4.90 Å². The summed E-state index contributed by atoms with van der Waals surface area (Å²) in [6.07, 6.45) is 2.29. The van der Waals surface area contributed by atoms with E-state index < -0.39 is 10.0 Å². The molecular weight excluding hydrogens is 483 g/mol. The summed E-state index contributed by atoms with van der Waals surface area (Å²) < 4.78 is 45.6. The summed E-state index contributed by atoms with van der Waals surface area (Å²) in [5.41, 5.74) is 2.24. The molecule has 0 saturated carbocycles. The van der Waals surface area contributed by atoms with Gasteiger partial charge in [-0.25, -0.2) is 17.8 Å². The van der Waals surface area contributed by atoms with Crippen LogP contribution in [-0.4, -0.2) is 48.3 Å². The van der Waals surface area contributed by atoms with Gasteiger partial charge < -0.3 is 4.90 Å². The van der Waals surface area contributed by atoms with Crippen molar-refractivity contribution in [2.75, 3.05) is 31.1 Å². The first-order valence-electron chi connectivity index (χ1n) is 12.0. The standard InChI is InChI=1S/C26H31FN4O2S2/c1-25(2,3)20-6-10-22(11-7-20)35(32,33)31-14-12-26(13-15-31)17-30(18-26)24-28-23(29-34-24)16-19-4-8-21(27)9-5-19/h4-11H,12-18H2,1-3H3. The fourth-order valence-corrected chi connectivity index (χ4v) is 7.05. The van der Waals surface area contributed by atoms with E-state index in [1.165, 1.54) is 23.7 Å². The molecule has 186 valence electrons. The molecule has 5 rings (SSSR count). The van der Waals surface area contributed by atoms with Gasteiger partial charge in [-0.1, -0.05) is 45.0 Å². The molecule has 9 heteroatoms.